The number of hydrogen-bond acceptors (Lipinski definition) is 4. The van der Waals surface area contributed by atoms with Gasteiger partial charge in [-0.3, -0.25) is 0 Å². The minimum Gasteiger partial charge on any atom is -0.329 e. The molecule has 2 nitrogen and oxygen atoms in total. The van der Waals surface area contributed by atoms with Crippen molar-refractivity contribution in [1.29, 1.82) is 0 Å². The number of aryl methyl sites for hydroxylation is 4. The molecule has 0 saturated carbocycles. The molecule has 21 heavy (non-hydrogen) atoms. The Hall–Kier alpha value is -0.970. The first-order chi connectivity index (χ1) is 9.97. The first kappa shape index (κ1) is 14.9. The molecule has 0 saturated heterocycles. The highest BCUT2D eigenvalue weighted by molar-refractivity contribution is 8.02. The van der Waals surface area contributed by atoms with Crippen molar-refractivity contribution in [3.8, 4) is 0 Å². The molecule has 1 aliphatic heterocycles. The van der Waals surface area contributed by atoms with E-state index in [1.165, 1.54) is 27.4 Å². The lowest BCUT2D eigenvalue weighted by Crippen LogP contribution is -2.19. The van der Waals surface area contributed by atoms with Crippen molar-refractivity contribution < 1.29 is 0 Å². The van der Waals surface area contributed by atoms with Crippen LogP contribution in [0.5, 0.6) is 0 Å². The van der Waals surface area contributed by atoms with Gasteiger partial charge in [0, 0.05) is 10.7 Å². The molecule has 110 valence electrons. The van der Waals surface area contributed by atoms with Crippen LogP contribution in [0.2, 0.25) is 5.02 Å². The molecule has 0 bridgehead atoms. The largest absolute Gasteiger partial charge is 0.329 e. The summed E-state index contributed by atoms with van der Waals surface area (Å²) in [5, 5.41) is 4.16. The van der Waals surface area contributed by atoms with Gasteiger partial charge in [-0.1, -0.05) is 11.6 Å². The molecular weight excluding hydrogens is 320 g/mol. The Balaban J connectivity index is 2.08. The van der Waals surface area contributed by atoms with Crippen LogP contribution in [-0.2, 0) is 0 Å². The minimum atomic E-state index is 0.802. The van der Waals surface area contributed by atoms with Crippen LogP contribution < -0.4 is 4.90 Å². The van der Waals surface area contributed by atoms with Crippen LogP contribution in [-0.4, -0.2) is 10.9 Å². The molecule has 0 spiro atoms. The van der Waals surface area contributed by atoms with Gasteiger partial charge in [0.2, 0.25) is 0 Å². The third kappa shape index (κ3) is 2.72. The fourth-order valence-electron chi connectivity index (χ4n) is 2.78. The van der Waals surface area contributed by atoms with Crippen LogP contribution in [0, 0.1) is 27.7 Å². The summed E-state index contributed by atoms with van der Waals surface area (Å²) in [6.07, 6.45) is 0. The van der Waals surface area contributed by atoms with E-state index in [4.69, 9.17) is 11.6 Å². The van der Waals surface area contributed by atoms with Crippen molar-refractivity contribution >= 4 is 46.1 Å². The maximum atomic E-state index is 6.16. The third-order valence-corrected chi connectivity index (χ3v) is 5.66. The first-order valence-electron chi connectivity index (χ1n) is 6.78. The lowest BCUT2D eigenvalue weighted by atomic mass is 10.1. The molecule has 1 aromatic heterocycles. The second kappa shape index (κ2) is 5.67. The highest BCUT2D eigenvalue weighted by atomic mass is 35.5. The lowest BCUT2D eigenvalue weighted by Gasteiger charge is -2.25. The Morgan fingerprint density at radius 1 is 1.14 bits per heavy atom. The molecule has 0 amide bonds. The Kier molecular flexibility index (Phi) is 4.04. The topological polar surface area (TPSA) is 16.1 Å². The van der Waals surface area contributed by atoms with Gasteiger partial charge in [-0.2, -0.15) is 0 Å². The van der Waals surface area contributed by atoms with Crippen LogP contribution in [0.3, 0.4) is 0 Å². The van der Waals surface area contributed by atoms with Crippen LogP contribution in [0.25, 0.3) is 5.70 Å². The second-order valence-electron chi connectivity index (χ2n) is 5.26. The van der Waals surface area contributed by atoms with Gasteiger partial charge >= 0.3 is 0 Å². The summed E-state index contributed by atoms with van der Waals surface area (Å²) < 4.78 is 0. The van der Waals surface area contributed by atoms with E-state index >= 15 is 0 Å². The highest BCUT2D eigenvalue weighted by Gasteiger charge is 2.25. The predicted octanol–water partition coefficient (Wildman–Crippen LogP) is 5.54. The zero-order valence-electron chi connectivity index (χ0n) is 12.5. The number of nitrogens with zero attached hydrogens (tertiary/aromatic N) is 2. The van der Waals surface area contributed by atoms with Crippen molar-refractivity contribution in [2.45, 2.75) is 27.7 Å². The van der Waals surface area contributed by atoms with Crippen LogP contribution in [0.4, 0.5) is 5.69 Å². The average Bonchev–Trinajstić information content (AvgIpc) is 2.94. The normalized spacial score (nSPS) is 14.7. The fraction of sp³-hybridized carbons (Fsp3) is 0.312. The summed E-state index contributed by atoms with van der Waals surface area (Å²) in [5.41, 5.74) is 6.07. The molecule has 0 radical (unpaired) electrons. The molecular formula is C16H17ClN2S2. The van der Waals surface area contributed by atoms with Gasteiger partial charge in [0.25, 0.3) is 0 Å². The monoisotopic (exact) mass is 336 g/mol. The van der Waals surface area contributed by atoms with Crippen LogP contribution in [0.15, 0.2) is 17.5 Å². The van der Waals surface area contributed by atoms with Gasteiger partial charge in [0.05, 0.1) is 27.2 Å². The molecule has 1 aliphatic rings. The number of benzene rings is 1. The predicted molar refractivity (Wildman–Crippen MR) is 95.4 cm³/mol. The number of anilines is 1. The van der Waals surface area contributed by atoms with E-state index in [1.54, 1.807) is 11.3 Å². The maximum Gasteiger partial charge on any atom is 0.0904 e. The average molecular weight is 337 g/mol. The molecule has 0 aliphatic carbocycles. The number of hydrogen-bond donors (Lipinski definition) is 0. The molecule has 0 atom stereocenters. The standard InChI is InChI=1S/C16H17ClN2S2/c1-9-5-13(17)6-10(2)15(9)19-8-20-7-14(19)16-11(3)18-12(4)21-16/h5-7H,8H2,1-4H3. The van der Waals surface area contributed by atoms with Gasteiger partial charge in [-0.05, 0) is 56.4 Å². The molecule has 0 N–H and O–H groups in total. The Bertz CT molecular complexity index is 711. The zero-order chi connectivity index (χ0) is 15.1. The van der Waals surface area contributed by atoms with Gasteiger partial charge in [-0.15, -0.1) is 23.1 Å². The van der Waals surface area contributed by atoms with Crippen LogP contribution >= 0.6 is 34.7 Å². The van der Waals surface area contributed by atoms with E-state index in [0.717, 1.165) is 21.6 Å². The molecule has 0 unspecified atom stereocenters. The van der Waals surface area contributed by atoms with E-state index in [0.29, 0.717) is 0 Å². The lowest BCUT2D eigenvalue weighted by molar-refractivity contribution is 1.14. The summed E-state index contributed by atoms with van der Waals surface area (Å²) in [4.78, 5) is 8.21. The summed E-state index contributed by atoms with van der Waals surface area (Å²) in [6.45, 7) is 8.40. The Labute approximate surface area is 138 Å². The van der Waals surface area contributed by atoms with Gasteiger partial charge in [0.1, 0.15) is 0 Å². The van der Waals surface area contributed by atoms with Crippen molar-refractivity contribution in [3.05, 3.63) is 49.3 Å². The fourth-order valence-corrected chi connectivity index (χ4v) is 5.02. The third-order valence-electron chi connectivity index (χ3n) is 3.55. The molecule has 2 heterocycles. The summed E-state index contributed by atoms with van der Waals surface area (Å²) in [7, 11) is 0. The molecule has 1 aromatic carbocycles. The SMILES string of the molecule is Cc1nc(C)c(C2=CSCN2c2c(C)cc(Cl)cc2C)s1. The van der Waals surface area contributed by atoms with Crippen molar-refractivity contribution in [2.24, 2.45) is 0 Å². The minimum absolute atomic E-state index is 0.802. The molecule has 5 heteroatoms. The molecule has 3 rings (SSSR count). The van der Waals surface area contributed by atoms with Gasteiger partial charge < -0.3 is 4.90 Å². The summed E-state index contributed by atoms with van der Waals surface area (Å²) in [6, 6.07) is 4.07. The van der Waals surface area contributed by atoms with E-state index in [-0.39, 0.29) is 0 Å². The molecule has 0 fully saturated rings. The Morgan fingerprint density at radius 2 is 1.81 bits per heavy atom. The van der Waals surface area contributed by atoms with Crippen molar-refractivity contribution in [2.75, 3.05) is 10.8 Å². The summed E-state index contributed by atoms with van der Waals surface area (Å²) >= 11 is 9.76. The number of rotatable bonds is 2. The number of thioether (sulfide) groups is 1. The number of halogens is 1. The second-order valence-corrected chi connectivity index (χ2v) is 7.73. The van der Waals surface area contributed by atoms with E-state index in [2.05, 4.69) is 43.0 Å². The number of thiazole rings is 1. The van der Waals surface area contributed by atoms with E-state index < -0.39 is 0 Å². The van der Waals surface area contributed by atoms with Crippen molar-refractivity contribution in [3.63, 3.8) is 0 Å². The zero-order valence-corrected chi connectivity index (χ0v) is 14.9. The van der Waals surface area contributed by atoms with Crippen LogP contribution in [0.1, 0.15) is 26.7 Å². The van der Waals surface area contributed by atoms with E-state index in [9.17, 15) is 0 Å². The van der Waals surface area contributed by atoms with Gasteiger partial charge in [0.15, 0.2) is 0 Å². The summed E-state index contributed by atoms with van der Waals surface area (Å²) in [5.74, 6) is 0.940. The highest BCUT2D eigenvalue weighted by Crippen LogP contribution is 2.42. The first-order valence-corrected chi connectivity index (χ1v) is 9.02. The smallest absolute Gasteiger partial charge is 0.0904 e. The van der Waals surface area contributed by atoms with Crippen molar-refractivity contribution in [1.82, 2.24) is 4.98 Å². The number of aromatic nitrogens is 1. The Morgan fingerprint density at radius 3 is 2.38 bits per heavy atom. The maximum absolute atomic E-state index is 6.16. The van der Waals surface area contributed by atoms with Gasteiger partial charge in [-0.25, -0.2) is 4.98 Å². The molecule has 2 aromatic rings. The quantitative estimate of drug-likeness (QED) is 0.716. The van der Waals surface area contributed by atoms with E-state index in [1.807, 2.05) is 23.9 Å².